The predicted octanol–water partition coefficient (Wildman–Crippen LogP) is 0.348. The number of thiazole rings is 1. The lowest BCUT2D eigenvalue weighted by Crippen LogP contribution is -2.47. The van der Waals surface area contributed by atoms with E-state index in [0.29, 0.717) is 19.7 Å². The van der Waals surface area contributed by atoms with Crippen LogP contribution in [0, 0.1) is 0 Å². The minimum atomic E-state index is -0.375. The highest BCUT2D eigenvalue weighted by Crippen LogP contribution is 2.24. The summed E-state index contributed by atoms with van der Waals surface area (Å²) in [6.45, 7) is 4.66. The number of hydrogen-bond donors (Lipinski definition) is 2. The Labute approximate surface area is 122 Å². The maximum Gasteiger partial charge on any atom is 0.250 e. The molecule has 2 fully saturated rings. The van der Waals surface area contributed by atoms with Gasteiger partial charge in [0.25, 0.3) is 5.91 Å². The van der Waals surface area contributed by atoms with Crippen LogP contribution in [0.4, 0.5) is 5.13 Å². The summed E-state index contributed by atoms with van der Waals surface area (Å²) in [5, 5.41) is 9.14. The number of amides is 1. The van der Waals surface area contributed by atoms with Gasteiger partial charge in [0, 0.05) is 31.6 Å². The van der Waals surface area contributed by atoms with E-state index in [1.54, 1.807) is 11.3 Å². The number of carbonyl (C=O) groups excluding carboxylic acids is 1. The molecule has 3 rings (SSSR count). The minimum Gasteiger partial charge on any atom is -0.366 e. The summed E-state index contributed by atoms with van der Waals surface area (Å²) < 4.78 is 5.41. The number of nitrogens with one attached hydrogen (secondary N) is 2. The Morgan fingerprint density at radius 2 is 2.40 bits per heavy atom. The fraction of sp³-hybridized carbons (Fsp3) is 0.692. The lowest BCUT2D eigenvalue weighted by atomic mass is 10.3. The molecule has 2 aliphatic rings. The topological polar surface area (TPSA) is 66.5 Å². The third-order valence-corrected chi connectivity index (χ3v) is 4.53. The van der Waals surface area contributed by atoms with Crippen LogP contribution in [0.3, 0.4) is 0 Å². The first-order chi connectivity index (χ1) is 9.83. The van der Waals surface area contributed by atoms with Crippen molar-refractivity contribution < 1.29 is 9.53 Å². The van der Waals surface area contributed by atoms with E-state index in [9.17, 15) is 4.79 Å². The second-order valence-electron chi connectivity index (χ2n) is 5.10. The third-order valence-electron chi connectivity index (χ3n) is 3.58. The van der Waals surface area contributed by atoms with Crippen molar-refractivity contribution >= 4 is 22.4 Å². The molecule has 1 aromatic heterocycles. The summed E-state index contributed by atoms with van der Waals surface area (Å²) in [6.07, 6.45) is 2.12. The highest BCUT2D eigenvalue weighted by atomic mass is 32.1. The fourth-order valence-corrected chi connectivity index (χ4v) is 3.34. The molecule has 2 saturated heterocycles. The van der Waals surface area contributed by atoms with Gasteiger partial charge in [-0.15, -0.1) is 11.3 Å². The monoisotopic (exact) mass is 296 g/mol. The Hall–Kier alpha value is -1.18. The molecule has 0 radical (unpaired) electrons. The lowest BCUT2D eigenvalue weighted by molar-refractivity contribution is -0.134. The molecule has 0 aliphatic carbocycles. The van der Waals surface area contributed by atoms with Crippen molar-refractivity contribution in [1.29, 1.82) is 0 Å². The van der Waals surface area contributed by atoms with Gasteiger partial charge in [-0.3, -0.25) is 4.79 Å². The Bertz CT molecular complexity index is 453. The highest BCUT2D eigenvalue weighted by Gasteiger charge is 2.21. The summed E-state index contributed by atoms with van der Waals surface area (Å²) in [5.41, 5.74) is 0.925. The van der Waals surface area contributed by atoms with Crippen molar-refractivity contribution in [3.05, 3.63) is 11.1 Å². The van der Waals surface area contributed by atoms with E-state index >= 15 is 0 Å². The van der Waals surface area contributed by atoms with Crippen molar-refractivity contribution in [3.8, 4) is 0 Å². The van der Waals surface area contributed by atoms with Gasteiger partial charge in [0.2, 0.25) is 0 Å². The van der Waals surface area contributed by atoms with Crippen LogP contribution >= 0.6 is 11.3 Å². The molecule has 2 aliphatic heterocycles. The van der Waals surface area contributed by atoms with E-state index in [-0.39, 0.29) is 12.0 Å². The van der Waals surface area contributed by atoms with Crippen LogP contribution < -0.4 is 15.5 Å². The van der Waals surface area contributed by atoms with Gasteiger partial charge in [-0.1, -0.05) is 0 Å². The third kappa shape index (κ3) is 3.28. The second kappa shape index (κ2) is 6.51. The van der Waals surface area contributed by atoms with E-state index in [2.05, 4.69) is 20.5 Å². The van der Waals surface area contributed by atoms with Gasteiger partial charge in [0.15, 0.2) is 5.13 Å². The molecule has 3 heterocycles. The van der Waals surface area contributed by atoms with E-state index in [1.807, 2.05) is 5.38 Å². The molecule has 1 aromatic rings. The standard InChI is InChI=1S/C13H20N4O2S/c18-12(11-8-14-3-6-19-11)15-7-10-9-20-13(16-10)17-4-1-2-5-17/h9,11,14H,1-8H2,(H,15,18). The average Bonchev–Trinajstić information content (AvgIpc) is 3.16. The van der Waals surface area contributed by atoms with E-state index in [0.717, 1.165) is 30.5 Å². The van der Waals surface area contributed by atoms with Crippen LogP contribution in [-0.2, 0) is 16.1 Å². The predicted molar refractivity (Wildman–Crippen MR) is 78.0 cm³/mol. The van der Waals surface area contributed by atoms with Gasteiger partial charge in [-0.2, -0.15) is 0 Å². The summed E-state index contributed by atoms with van der Waals surface area (Å²) in [7, 11) is 0. The van der Waals surface area contributed by atoms with Gasteiger partial charge >= 0.3 is 0 Å². The molecule has 6 nitrogen and oxygen atoms in total. The van der Waals surface area contributed by atoms with Crippen LogP contribution in [0.15, 0.2) is 5.38 Å². The Kier molecular flexibility index (Phi) is 4.49. The molecule has 1 unspecified atom stereocenters. The van der Waals surface area contributed by atoms with Crippen LogP contribution in [-0.4, -0.2) is 49.8 Å². The Balaban J connectivity index is 1.49. The molecule has 0 spiro atoms. The molecule has 1 atom stereocenters. The maximum absolute atomic E-state index is 11.9. The molecular weight excluding hydrogens is 276 g/mol. The molecule has 0 bridgehead atoms. The van der Waals surface area contributed by atoms with Crippen LogP contribution in [0.25, 0.3) is 0 Å². The zero-order valence-electron chi connectivity index (χ0n) is 11.4. The number of carbonyl (C=O) groups is 1. The highest BCUT2D eigenvalue weighted by molar-refractivity contribution is 7.13. The first-order valence-electron chi connectivity index (χ1n) is 7.12. The zero-order valence-corrected chi connectivity index (χ0v) is 12.2. The molecular formula is C13H20N4O2S. The SMILES string of the molecule is O=C(NCc1csc(N2CCCC2)n1)C1CNCCO1. The van der Waals surface area contributed by atoms with Gasteiger partial charge < -0.3 is 20.3 Å². The number of rotatable bonds is 4. The number of ether oxygens (including phenoxy) is 1. The Morgan fingerprint density at radius 3 is 3.15 bits per heavy atom. The van der Waals surface area contributed by atoms with Gasteiger partial charge in [0.05, 0.1) is 18.8 Å². The molecule has 0 saturated carbocycles. The largest absolute Gasteiger partial charge is 0.366 e. The van der Waals surface area contributed by atoms with Crippen molar-refractivity contribution in [1.82, 2.24) is 15.6 Å². The molecule has 1 amide bonds. The average molecular weight is 296 g/mol. The Morgan fingerprint density at radius 1 is 1.55 bits per heavy atom. The summed E-state index contributed by atoms with van der Waals surface area (Å²) in [4.78, 5) is 18.8. The summed E-state index contributed by atoms with van der Waals surface area (Å²) >= 11 is 1.65. The van der Waals surface area contributed by atoms with Crippen molar-refractivity contribution in [2.45, 2.75) is 25.5 Å². The fourth-order valence-electron chi connectivity index (χ4n) is 2.46. The molecule has 2 N–H and O–H groups in total. The smallest absolute Gasteiger partial charge is 0.250 e. The van der Waals surface area contributed by atoms with E-state index < -0.39 is 0 Å². The number of nitrogens with zero attached hydrogens (tertiary/aromatic N) is 2. The van der Waals surface area contributed by atoms with Crippen LogP contribution in [0.1, 0.15) is 18.5 Å². The molecule has 0 aromatic carbocycles. The second-order valence-corrected chi connectivity index (χ2v) is 5.93. The van der Waals surface area contributed by atoms with E-state index in [1.165, 1.54) is 12.8 Å². The zero-order chi connectivity index (χ0) is 13.8. The number of anilines is 1. The first kappa shape index (κ1) is 13.8. The lowest BCUT2D eigenvalue weighted by Gasteiger charge is -2.22. The number of hydrogen-bond acceptors (Lipinski definition) is 6. The van der Waals surface area contributed by atoms with Crippen molar-refractivity contribution in [2.75, 3.05) is 37.7 Å². The van der Waals surface area contributed by atoms with Crippen LogP contribution in [0.2, 0.25) is 0 Å². The molecule has 110 valence electrons. The van der Waals surface area contributed by atoms with Crippen molar-refractivity contribution in [3.63, 3.8) is 0 Å². The normalized spacial score (nSPS) is 23.0. The van der Waals surface area contributed by atoms with Gasteiger partial charge in [0.1, 0.15) is 6.10 Å². The van der Waals surface area contributed by atoms with Gasteiger partial charge in [-0.25, -0.2) is 4.98 Å². The minimum absolute atomic E-state index is 0.0621. The van der Waals surface area contributed by atoms with Crippen molar-refractivity contribution in [2.24, 2.45) is 0 Å². The summed E-state index contributed by atoms with van der Waals surface area (Å²) in [5.74, 6) is -0.0621. The van der Waals surface area contributed by atoms with Gasteiger partial charge in [-0.05, 0) is 12.8 Å². The summed E-state index contributed by atoms with van der Waals surface area (Å²) in [6, 6.07) is 0. The van der Waals surface area contributed by atoms with Crippen LogP contribution in [0.5, 0.6) is 0 Å². The van der Waals surface area contributed by atoms with E-state index in [4.69, 9.17) is 4.74 Å². The first-order valence-corrected chi connectivity index (χ1v) is 8.00. The number of morpholine rings is 1. The quantitative estimate of drug-likeness (QED) is 0.839. The molecule has 20 heavy (non-hydrogen) atoms. The maximum atomic E-state index is 11.9. The number of aromatic nitrogens is 1. The molecule has 7 heteroatoms.